The average Bonchev–Trinajstić information content (AvgIpc) is 3.31. The molecule has 156 valence electrons. The van der Waals surface area contributed by atoms with Gasteiger partial charge < -0.3 is 14.8 Å². The quantitative estimate of drug-likeness (QED) is 0.617. The number of hydrogen-bond donors (Lipinski definition) is 2. The zero-order valence-electron chi connectivity index (χ0n) is 15.5. The first-order chi connectivity index (χ1) is 13.6. The number of hydrogen-bond acceptors (Lipinski definition) is 6. The molecular formula is C17H18F3N5O4. The number of aliphatic carboxylic acids is 1. The zero-order valence-corrected chi connectivity index (χ0v) is 15.5. The number of carbonyl (C=O) groups excluding carboxylic acids is 1. The minimum absolute atomic E-state index is 0.0728. The van der Waals surface area contributed by atoms with Crippen LogP contribution in [0.4, 0.5) is 13.2 Å². The number of carboxylic acid groups (broad SMARTS) is 1. The molecule has 0 amide bonds. The van der Waals surface area contributed by atoms with Gasteiger partial charge in [0, 0.05) is 23.3 Å². The number of carboxylic acids is 1. The Morgan fingerprint density at radius 1 is 1.34 bits per heavy atom. The molecule has 9 nitrogen and oxygen atoms in total. The molecular weight excluding hydrogens is 395 g/mol. The first-order valence-corrected chi connectivity index (χ1v) is 8.41. The van der Waals surface area contributed by atoms with Gasteiger partial charge in [-0.25, -0.2) is 14.8 Å². The molecule has 0 aliphatic rings. The fourth-order valence-corrected chi connectivity index (χ4v) is 2.36. The van der Waals surface area contributed by atoms with Crippen molar-refractivity contribution in [1.29, 1.82) is 0 Å². The molecule has 0 bridgehead atoms. The summed E-state index contributed by atoms with van der Waals surface area (Å²) < 4.78 is 38.5. The van der Waals surface area contributed by atoms with Gasteiger partial charge in [-0.05, 0) is 19.9 Å². The first kappa shape index (κ1) is 21.9. The van der Waals surface area contributed by atoms with Crippen molar-refractivity contribution in [2.75, 3.05) is 6.61 Å². The Kier molecular flexibility index (Phi) is 6.91. The second kappa shape index (κ2) is 9.17. The molecule has 0 aliphatic carbocycles. The van der Waals surface area contributed by atoms with Gasteiger partial charge in [-0.2, -0.15) is 18.3 Å². The fourth-order valence-electron chi connectivity index (χ4n) is 2.36. The number of esters is 1. The van der Waals surface area contributed by atoms with Crippen LogP contribution >= 0.6 is 0 Å². The van der Waals surface area contributed by atoms with Crippen LogP contribution in [0.5, 0.6) is 0 Å². The van der Waals surface area contributed by atoms with Gasteiger partial charge in [0.15, 0.2) is 0 Å². The molecule has 12 heteroatoms. The van der Waals surface area contributed by atoms with Crippen LogP contribution in [0.15, 0.2) is 31.0 Å². The van der Waals surface area contributed by atoms with Crippen molar-refractivity contribution in [3.8, 4) is 11.3 Å². The van der Waals surface area contributed by atoms with Crippen LogP contribution in [-0.2, 0) is 14.3 Å². The maximum atomic E-state index is 11.6. The van der Waals surface area contributed by atoms with Crippen LogP contribution < -0.4 is 0 Å². The third-order valence-electron chi connectivity index (χ3n) is 3.69. The molecule has 0 spiro atoms. The van der Waals surface area contributed by atoms with Gasteiger partial charge in [0.2, 0.25) is 0 Å². The molecule has 1 unspecified atom stereocenters. The Morgan fingerprint density at radius 3 is 2.66 bits per heavy atom. The summed E-state index contributed by atoms with van der Waals surface area (Å²) in [5, 5.41) is 12.4. The number of halogens is 3. The number of aromatic nitrogens is 5. The van der Waals surface area contributed by atoms with Gasteiger partial charge in [0.25, 0.3) is 0 Å². The van der Waals surface area contributed by atoms with E-state index in [0.717, 1.165) is 22.3 Å². The van der Waals surface area contributed by atoms with Crippen molar-refractivity contribution in [2.24, 2.45) is 0 Å². The first-order valence-electron chi connectivity index (χ1n) is 8.41. The van der Waals surface area contributed by atoms with Gasteiger partial charge in [0.05, 0.1) is 31.0 Å². The van der Waals surface area contributed by atoms with Gasteiger partial charge in [-0.3, -0.25) is 9.48 Å². The number of carbonyl (C=O) groups is 2. The Bertz CT molecular complexity index is 983. The average molecular weight is 413 g/mol. The molecule has 0 fully saturated rings. The highest BCUT2D eigenvalue weighted by Crippen LogP contribution is 2.25. The zero-order chi connectivity index (χ0) is 21.6. The molecule has 29 heavy (non-hydrogen) atoms. The van der Waals surface area contributed by atoms with E-state index in [1.165, 1.54) is 6.33 Å². The van der Waals surface area contributed by atoms with E-state index in [4.69, 9.17) is 14.6 Å². The summed E-state index contributed by atoms with van der Waals surface area (Å²) in [6.45, 7) is 4.12. The van der Waals surface area contributed by atoms with E-state index in [2.05, 4.69) is 20.1 Å². The van der Waals surface area contributed by atoms with Crippen molar-refractivity contribution >= 4 is 23.0 Å². The SMILES string of the molecule is CCOC(=O)CC(C)n1cc(-c2ncnc3[nH]ccc23)cn1.O=C(O)C(F)(F)F. The van der Waals surface area contributed by atoms with Crippen molar-refractivity contribution in [2.45, 2.75) is 32.5 Å². The lowest BCUT2D eigenvalue weighted by Crippen LogP contribution is -2.21. The molecule has 0 saturated heterocycles. The van der Waals surface area contributed by atoms with E-state index >= 15 is 0 Å². The summed E-state index contributed by atoms with van der Waals surface area (Å²) in [5.74, 6) is -2.98. The minimum atomic E-state index is -5.08. The van der Waals surface area contributed by atoms with E-state index in [-0.39, 0.29) is 18.4 Å². The smallest absolute Gasteiger partial charge is 0.475 e. The molecule has 0 radical (unpaired) electrons. The number of ether oxygens (including phenoxy) is 1. The molecule has 3 heterocycles. The summed E-state index contributed by atoms with van der Waals surface area (Å²) in [6, 6.07) is 1.86. The molecule has 3 rings (SSSR count). The van der Waals surface area contributed by atoms with Crippen molar-refractivity contribution in [1.82, 2.24) is 24.7 Å². The number of alkyl halides is 3. The molecule has 0 aromatic carbocycles. The van der Waals surface area contributed by atoms with Crippen LogP contribution in [0.1, 0.15) is 26.3 Å². The number of aromatic amines is 1. The summed E-state index contributed by atoms with van der Waals surface area (Å²) in [5.41, 5.74) is 2.50. The molecule has 0 aliphatic heterocycles. The minimum Gasteiger partial charge on any atom is -0.475 e. The molecule has 1 atom stereocenters. The number of nitrogens with one attached hydrogen (secondary N) is 1. The van der Waals surface area contributed by atoms with Crippen molar-refractivity contribution in [3.63, 3.8) is 0 Å². The third-order valence-corrected chi connectivity index (χ3v) is 3.69. The van der Waals surface area contributed by atoms with E-state index in [0.29, 0.717) is 6.61 Å². The van der Waals surface area contributed by atoms with Crippen LogP contribution in [0, 0.1) is 0 Å². The maximum absolute atomic E-state index is 11.6. The van der Waals surface area contributed by atoms with E-state index < -0.39 is 12.1 Å². The Hall–Kier alpha value is -3.44. The van der Waals surface area contributed by atoms with Crippen LogP contribution in [-0.4, -0.2) is 54.6 Å². The van der Waals surface area contributed by atoms with E-state index in [9.17, 15) is 18.0 Å². The largest absolute Gasteiger partial charge is 0.490 e. The van der Waals surface area contributed by atoms with E-state index in [1.54, 1.807) is 17.8 Å². The third kappa shape index (κ3) is 5.77. The highest BCUT2D eigenvalue weighted by atomic mass is 19.4. The second-order valence-corrected chi connectivity index (χ2v) is 5.83. The topological polar surface area (TPSA) is 123 Å². The normalized spacial score (nSPS) is 12.2. The maximum Gasteiger partial charge on any atom is 0.490 e. The summed E-state index contributed by atoms with van der Waals surface area (Å²) in [7, 11) is 0. The predicted molar refractivity (Wildman–Crippen MR) is 94.8 cm³/mol. The monoisotopic (exact) mass is 413 g/mol. The Labute approximate surface area is 162 Å². The molecule has 3 aromatic heterocycles. The number of rotatable bonds is 5. The summed E-state index contributed by atoms with van der Waals surface area (Å²) in [4.78, 5) is 32.0. The summed E-state index contributed by atoms with van der Waals surface area (Å²) in [6.07, 6.45) is 2.19. The van der Waals surface area contributed by atoms with Crippen LogP contribution in [0.25, 0.3) is 22.3 Å². The lowest BCUT2D eigenvalue weighted by Gasteiger charge is -2.10. The number of nitrogens with zero attached hydrogens (tertiary/aromatic N) is 4. The molecule has 0 saturated carbocycles. The highest BCUT2D eigenvalue weighted by molar-refractivity contribution is 5.90. The van der Waals surface area contributed by atoms with Gasteiger partial charge in [-0.1, -0.05) is 0 Å². The van der Waals surface area contributed by atoms with Gasteiger partial charge >= 0.3 is 18.1 Å². The van der Waals surface area contributed by atoms with Crippen molar-refractivity contribution in [3.05, 3.63) is 31.0 Å². The lowest BCUT2D eigenvalue weighted by molar-refractivity contribution is -0.192. The predicted octanol–water partition coefficient (Wildman–Crippen LogP) is 2.97. The van der Waals surface area contributed by atoms with Crippen LogP contribution in [0.3, 0.4) is 0 Å². The number of fused-ring (bicyclic) bond motifs is 1. The molecule has 2 N–H and O–H groups in total. The highest BCUT2D eigenvalue weighted by Gasteiger charge is 2.38. The fraction of sp³-hybridized carbons (Fsp3) is 0.353. The standard InChI is InChI=1S/C15H17N5O2.C2HF3O2/c1-3-22-13(21)6-10(2)20-8-11(7-19-20)14-12-4-5-16-15(12)18-9-17-14;3-2(4,5)1(6)7/h4-5,7-10H,3,6H2,1-2H3,(H,16,17,18);(H,6,7). The lowest BCUT2D eigenvalue weighted by atomic mass is 10.2. The Balaban J connectivity index is 0.000000370. The van der Waals surface area contributed by atoms with Crippen LogP contribution in [0.2, 0.25) is 0 Å². The van der Waals surface area contributed by atoms with Gasteiger partial charge in [-0.15, -0.1) is 0 Å². The van der Waals surface area contributed by atoms with E-state index in [1.807, 2.05) is 25.4 Å². The summed E-state index contributed by atoms with van der Waals surface area (Å²) >= 11 is 0. The Morgan fingerprint density at radius 2 is 2.03 bits per heavy atom. The van der Waals surface area contributed by atoms with Gasteiger partial charge in [0.1, 0.15) is 12.0 Å². The van der Waals surface area contributed by atoms with Crippen molar-refractivity contribution < 1.29 is 32.6 Å². The second-order valence-electron chi connectivity index (χ2n) is 5.83. The molecule has 3 aromatic rings. The number of H-pyrrole nitrogens is 1.